The van der Waals surface area contributed by atoms with Gasteiger partial charge in [0.05, 0.1) is 11.4 Å². The Bertz CT molecular complexity index is 961. The zero-order valence-corrected chi connectivity index (χ0v) is 17.6. The number of amides is 1. The van der Waals surface area contributed by atoms with Crippen molar-refractivity contribution in [3.8, 4) is 0 Å². The molecule has 0 radical (unpaired) electrons. The lowest BCUT2D eigenvalue weighted by atomic mass is 10.2. The van der Waals surface area contributed by atoms with Gasteiger partial charge >= 0.3 is 0 Å². The summed E-state index contributed by atoms with van der Waals surface area (Å²) >= 11 is 5.93. The summed E-state index contributed by atoms with van der Waals surface area (Å²) in [5.74, 6) is 0.0128. The number of benzene rings is 2. The molecule has 3 rings (SSSR count). The second-order valence-corrected chi connectivity index (χ2v) is 9.05. The van der Waals surface area contributed by atoms with E-state index >= 15 is 0 Å². The van der Waals surface area contributed by atoms with Gasteiger partial charge in [0.2, 0.25) is 15.9 Å². The van der Waals surface area contributed by atoms with Crippen molar-refractivity contribution >= 4 is 33.2 Å². The maximum absolute atomic E-state index is 12.9. The summed E-state index contributed by atoms with van der Waals surface area (Å²) in [7, 11) is -2.10. The van der Waals surface area contributed by atoms with Gasteiger partial charge in [-0.05, 0) is 61.5 Å². The molecule has 0 spiro atoms. The average molecular weight is 422 g/mol. The van der Waals surface area contributed by atoms with Crippen molar-refractivity contribution in [1.29, 1.82) is 0 Å². The van der Waals surface area contributed by atoms with E-state index in [1.54, 1.807) is 23.1 Å². The van der Waals surface area contributed by atoms with Crippen molar-refractivity contribution in [3.05, 3.63) is 58.6 Å². The summed E-state index contributed by atoms with van der Waals surface area (Å²) in [6, 6.07) is 12.5. The third kappa shape index (κ3) is 4.55. The van der Waals surface area contributed by atoms with Crippen LogP contribution in [0.3, 0.4) is 0 Å². The minimum absolute atomic E-state index is 0.0128. The van der Waals surface area contributed by atoms with Crippen LogP contribution in [0.15, 0.2) is 47.4 Å². The quantitative estimate of drug-likeness (QED) is 0.746. The predicted octanol–water partition coefficient (Wildman–Crippen LogP) is 2.66. The number of carbonyl (C=O) groups is 1. The number of carbonyl (C=O) groups excluding carboxylic acids is 1. The van der Waals surface area contributed by atoms with Crippen molar-refractivity contribution in [1.82, 2.24) is 9.62 Å². The van der Waals surface area contributed by atoms with E-state index in [-0.39, 0.29) is 10.8 Å². The van der Waals surface area contributed by atoms with E-state index in [4.69, 9.17) is 11.6 Å². The van der Waals surface area contributed by atoms with Crippen LogP contribution in [0.4, 0.5) is 5.69 Å². The highest BCUT2D eigenvalue weighted by molar-refractivity contribution is 7.89. The summed E-state index contributed by atoms with van der Waals surface area (Å²) in [5, 5.41) is 0.691. The largest absolute Gasteiger partial charge is 0.311 e. The Balaban J connectivity index is 1.71. The minimum atomic E-state index is -3.49. The first-order valence-corrected chi connectivity index (χ1v) is 11.0. The van der Waals surface area contributed by atoms with Gasteiger partial charge in [-0.15, -0.1) is 0 Å². The highest BCUT2D eigenvalue weighted by atomic mass is 35.5. The molecule has 1 N–H and O–H groups in total. The van der Waals surface area contributed by atoms with Crippen molar-refractivity contribution in [2.75, 3.05) is 31.6 Å². The molecule has 0 fully saturated rings. The lowest BCUT2D eigenvalue weighted by molar-refractivity contribution is -0.119. The SMILES string of the molecule is CCN(CC(=O)N1CCc2cc(S(=O)(=O)NC)ccc21)Cc1ccc(Cl)cc1. The smallest absolute Gasteiger partial charge is 0.241 e. The van der Waals surface area contributed by atoms with E-state index in [2.05, 4.69) is 9.62 Å². The number of nitrogens with one attached hydrogen (secondary N) is 1. The van der Waals surface area contributed by atoms with Gasteiger partial charge in [0.1, 0.15) is 0 Å². The second-order valence-electron chi connectivity index (χ2n) is 6.72. The number of sulfonamides is 1. The second kappa shape index (κ2) is 8.61. The lowest BCUT2D eigenvalue weighted by Crippen LogP contribution is -2.39. The lowest BCUT2D eigenvalue weighted by Gasteiger charge is -2.24. The molecule has 2 aromatic carbocycles. The summed E-state index contributed by atoms with van der Waals surface area (Å²) < 4.78 is 26.3. The van der Waals surface area contributed by atoms with Gasteiger partial charge in [0.15, 0.2) is 0 Å². The molecule has 2 aromatic rings. The average Bonchev–Trinajstić information content (AvgIpc) is 3.12. The number of rotatable bonds is 7. The molecule has 8 heteroatoms. The minimum Gasteiger partial charge on any atom is -0.311 e. The Labute approximate surface area is 171 Å². The number of likely N-dealkylation sites (N-methyl/N-ethyl adjacent to an activating group) is 1. The number of nitrogens with zero attached hydrogens (tertiary/aromatic N) is 2. The van der Waals surface area contributed by atoms with Crippen LogP contribution < -0.4 is 9.62 Å². The number of hydrogen-bond acceptors (Lipinski definition) is 4. The van der Waals surface area contributed by atoms with Crippen LogP contribution in [-0.2, 0) is 27.8 Å². The molecule has 1 aliphatic heterocycles. The summed E-state index contributed by atoms with van der Waals surface area (Å²) in [6.07, 6.45) is 0.650. The van der Waals surface area contributed by atoms with Gasteiger partial charge in [-0.25, -0.2) is 13.1 Å². The predicted molar refractivity (Wildman–Crippen MR) is 111 cm³/mol. The van der Waals surface area contributed by atoms with E-state index in [9.17, 15) is 13.2 Å². The van der Waals surface area contributed by atoms with Crippen LogP contribution in [0.1, 0.15) is 18.1 Å². The van der Waals surface area contributed by atoms with E-state index in [1.165, 1.54) is 7.05 Å². The zero-order chi connectivity index (χ0) is 20.3. The summed E-state index contributed by atoms with van der Waals surface area (Å²) in [5.41, 5.74) is 2.77. The molecule has 0 aliphatic carbocycles. The molecule has 1 heterocycles. The molecule has 0 unspecified atom stereocenters. The van der Waals surface area contributed by atoms with Gasteiger partial charge in [-0.2, -0.15) is 0 Å². The molecular weight excluding hydrogens is 398 g/mol. The molecular formula is C20H24ClN3O3S. The van der Waals surface area contributed by atoms with Crippen LogP contribution in [-0.4, -0.2) is 45.9 Å². The number of anilines is 1. The summed E-state index contributed by atoms with van der Waals surface area (Å²) in [4.78, 5) is 16.9. The van der Waals surface area contributed by atoms with Crippen molar-refractivity contribution in [2.45, 2.75) is 24.8 Å². The molecule has 28 heavy (non-hydrogen) atoms. The molecule has 0 atom stereocenters. The van der Waals surface area contributed by atoms with Crippen molar-refractivity contribution < 1.29 is 13.2 Å². The number of fused-ring (bicyclic) bond motifs is 1. The van der Waals surface area contributed by atoms with Crippen LogP contribution in [0.5, 0.6) is 0 Å². The highest BCUT2D eigenvalue weighted by Gasteiger charge is 2.27. The van der Waals surface area contributed by atoms with Crippen LogP contribution in [0.2, 0.25) is 5.02 Å². The zero-order valence-electron chi connectivity index (χ0n) is 16.0. The van der Waals surface area contributed by atoms with E-state index in [1.807, 2.05) is 31.2 Å². The van der Waals surface area contributed by atoms with Crippen LogP contribution in [0.25, 0.3) is 0 Å². The summed E-state index contributed by atoms with van der Waals surface area (Å²) in [6.45, 7) is 4.30. The van der Waals surface area contributed by atoms with Crippen LogP contribution in [0, 0.1) is 0 Å². The molecule has 0 saturated heterocycles. The van der Waals surface area contributed by atoms with Gasteiger partial charge in [-0.3, -0.25) is 9.69 Å². The third-order valence-electron chi connectivity index (χ3n) is 4.95. The normalized spacial score (nSPS) is 13.8. The third-order valence-corrected chi connectivity index (χ3v) is 6.62. The molecule has 0 bridgehead atoms. The first-order chi connectivity index (χ1) is 13.3. The Morgan fingerprint density at radius 1 is 1.21 bits per heavy atom. The number of halogens is 1. The van der Waals surface area contributed by atoms with Gasteiger partial charge in [0.25, 0.3) is 0 Å². The topological polar surface area (TPSA) is 69.7 Å². The Morgan fingerprint density at radius 3 is 2.57 bits per heavy atom. The Kier molecular flexibility index (Phi) is 6.40. The molecule has 150 valence electrons. The van der Waals surface area contributed by atoms with Crippen molar-refractivity contribution in [3.63, 3.8) is 0 Å². The standard InChI is InChI=1S/C20H24ClN3O3S/c1-3-23(13-15-4-6-17(21)7-5-15)14-20(25)24-11-10-16-12-18(8-9-19(16)24)28(26,27)22-2/h4-9,12,22H,3,10-11,13-14H2,1-2H3. The molecule has 0 aromatic heterocycles. The first kappa shape index (κ1) is 20.8. The fourth-order valence-corrected chi connectivity index (χ4v) is 4.23. The van der Waals surface area contributed by atoms with Gasteiger partial charge in [0, 0.05) is 23.8 Å². The first-order valence-electron chi connectivity index (χ1n) is 9.17. The fraction of sp³-hybridized carbons (Fsp3) is 0.350. The van der Waals surface area contributed by atoms with Gasteiger partial charge in [-0.1, -0.05) is 30.7 Å². The molecule has 6 nitrogen and oxygen atoms in total. The molecule has 1 amide bonds. The van der Waals surface area contributed by atoms with E-state index in [0.29, 0.717) is 31.1 Å². The molecule has 0 saturated carbocycles. The monoisotopic (exact) mass is 421 g/mol. The van der Waals surface area contributed by atoms with Crippen LogP contribution >= 0.6 is 11.6 Å². The number of hydrogen-bond donors (Lipinski definition) is 1. The molecule has 1 aliphatic rings. The highest BCUT2D eigenvalue weighted by Crippen LogP contribution is 2.30. The van der Waals surface area contributed by atoms with E-state index < -0.39 is 10.0 Å². The van der Waals surface area contributed by atoms with Gasteiger partial charge < -0.3 is 4.90 Å². The van der Waals surface area contributed by atoms with E-state index in [0.717, 1.165) is 23.4 Å². The Hall–Kier alpha value is -1.93. The maximum atomic E-state index is 12.9. The van der Waals surface area contributed by atoms with Crippen molar-refractivity contribution in [2.24, 2.45) is 0 Å². The maximum Gasteiger partial charge on any atom is 0.241 e. The Morgan fingerprint density at radius 2 is 1.93 bits per heavy atom. The fourth-order valence-electron chi connectivity index (χ4n) is 3.33.